The van der Waals surface area contributed by atoms with Crippen molar-refractivity contribution >= 4 is 36.7 Å². The molecular weight excluding hydrogens is 329 g/mol. The highest BCUT2D eigenvalue weighted by atomic mass is 35.5. The number of carboxylic acid groups (broad SMARTS) is 1. The number of nitrogens with one attached hydrogen (secondary N) is 2. The summed E-state index contributed by atoms with van der Waals surface area (Å²) in [5, 5.41) is 14.9. The Morgan fingerprint density at radius 2 is 1.73 bits per heavy atom. The second-order valence-corrected chi connectivity index (χ2v) is 5.42. The Bertz CT molecular complexity index is 305. The van der Waals surface area contributed by atoms with Crippen molar-refractivity contribution in [3.05, 3.63) is 0 Å². The van der Waals surface area contributed by atoms with Crippen LogP contribution in [0.2, 0.25) is 0 Å². The summed E-state index contributed by atoms with van der Waals surface area (Å²) in [4.78, 5) is 23.3. The molecule has 134 valence electrons. The van der Waals surface area contributed by atoms with Crippen molar-refractivity contribution in [1.29, 1.82) is 0 Å². The molecule has 0 rings (SSSR count). The molecule has 5 N–H and O–H groups in total. The summed E-state index contributed by atoms with van der Waals surface area (Å²) in [6.45, 7) is 7.07. The van der Waals surface area contributed by atoms with Crippen molar-refractivity contribution in [3.63, 3.8) is 0 Å². The third-order valence-corrected chi connectivity index (χ3v) is 3.04. The minimum atomic E-state index is -0.982. The molecule has 0 aromatic rings. The lowest BCUT2D eigenvalue weighted by atomic mass is 10.0. The molecule has 0 aliphatic rings. The van der Waals surface area contributed by atoms with Crippen molar-refractivity contribution in [3.8, 4) is 0 Å². The van der Waals surface area contributed by atoms with Crippen molar-refractivity contribution in [2.45, 2.75) is 58.5 Å². The Kier molecular flexibility index (Phi) is 18.4. The normalized spacial score (nSPS) is 12.8. The van der Waals surface area contributed by atoms with Gasteiger partial charge in [0.05, 0.1) is 6.04 Å². The Morgan fingerprint density at radius 3 is 2.14 bits per heavy atom. The van der Waals surface area contributed by atoms with Gasteiger partial charge in [0.1, 0.15) is 6.04 Å². The lowest BCUT2D eigenvalue weighted by Crippen LogP contribution is -2.50. The topological polar surface area (TPSA) is 104 Å². The number of likely N-dealkylation sites (N-methyl/N-ethyl adjacent to an activating group) is 1. The Morgan fingerprint density at radius 1 is 1.14 bits per heavy atom. The van der Waals surface area contributed by atoms with E-state index in [4.69, 9.17) is 10.8 Å². The van der Waals surface area contributed by atoms with E-state index in [0.717, 1.165) is 12.8 Å². The minimum Gasteiger partial charge on any atom is -0.480 e. The SMILES string of the molecule is CCN[C@@H](CCCCN)C(=O)N[C@@H](CC(C)C)C(=O)O.Cl.Cl. The van der Waals surface area contributed by atoms with Gasteiger partial charge in [0, 0.05) is 0 Å². The number of nitrogens with two attached hydrogens (primary N) is 1. The van der Waals surface area contributed by atoms with Crippen LogP contribution in [0.25, 0.3) is 0 Å². The first kappa shape index (κ1) is 26.3. The third kappa shape index (κ3) is 12.0. The number of carbonyl (C=O) groups is 2. The molecular formula is C14H31Cl2N3O3. The van der Waals surface area contributed by atoms with Gasteiger partial charge in [0.25, 0.3) is 0 Å². The Hall–Kier alpha value is -0.560. The van der Waals surface area contributed by atoms with Crippen LogP contribution in [0.3, 0.4) is 0 Å². The molecule has 8 heteroatoms. The second kappa shape index (κ2) is 15.3. The molecule has 0 fully saturated rings. The molecule has 6 nitrogen and oxygen atoms in total. The first-order chi connectivity index (χ1) is 9.42. The van der Waals surface area contributed by atoms with Crippen molar-refractivity contribution < 1.29 is 14.7 Å². The van der Waals surface area contributed by atoms with E-state index in [1.807, 2.05) is 20.8 Å². The molecule has 0 aliphatic carbocycles. The smallest absolute Gasteiger partial charge is 0.326 e. The number of hydrogen-bond acceptors (Lipinski definition) is 4. The highest BCUT2D eigenvalue weighted by Gasteiger charge is 2.25. The van der Waals surface area contributed by atoms with Crippen LogP contribution < -0.4 is 16.4 Å². The monoisotopic (exact) mass is 359 g/mol. The van der Waals surface area contributed by atoms with Crippen LogP contribution in [-0.4, -0.2) is 42.2 Å². The molecule has 0 saturated carbocycles. The molecule has 1 amide bonds. The molecule has 0 heterocycles. The van der Waals surface area contributed by atoms with Gasteiger partial charge in [-0.25, -0.2) is 4.79 Å². The van der Waals surface area contributed by atoms with Crippen molar-refractivity contribution in [2.75, 3.05) is 13.1 Å². The number of rotatable bonds is 11. The van der Waals surface area contributed by atoms with Crippen LogP contribution in [-0.2, 0) is 9.59 Å². The van der Waals surface area contributed by atoms with Crippen LogP contribution in [0.5, 0.6) is 0 Å². The lowest BCUT2D eigenvalue weighted by Gasteiger charge is -2.22. The van der Waals surface area contributed by atoms with Crippen molar-refractivity contribution in [2.24, 2.45) is 11.7 Å². The van der Waals surface area contributed by atoms with E-state index in [-0.39, 0.29) is 42.7 Å². The first-order valence-corrected chi connectivity index (χ1v) is 7.38. The molecule has 22 heavy (non-hydrogen) atoms. The highest BCUT2D eigenvalue weighted by Crippen LogP contribution is 2.07. The van der Waals surface area contributed by atoms with E-state index < -0.39 is 12.0 Å². The molecule has 0 aromatic carbocycles. The maximum absolute atomic E-state index is 12.2. The molecule has 0 radical (unpaired) electrons. The summed E-state index contributed by atoms with van der Waals surface area (Å²) in [5.74, 6) is -1.01. The van der Waals surface area contributed by atoms with Gasteiger partial charge in [-0.2, -0.15) is 0 Å². The second-order valence-electron chi connectivity index (χ2n) is 5.42. The molecule has 0 aromatic heterocycles. The summed E-state index contributed by atoms with van der Waals surface area (Å²) in [7, 11) is 0. The fourth-order valence-corrected chi connectivity index (χ4v) is 2.03. The van der Waals surface area contributed by atoms with Crippen molar-refractivity contribution in [1.82, 2.24) is 10.6 Å². The number of amides is 1. The quantitative estimate of drug-likeness (QED) is 0.419. The average molecular weight is 360 g/mol. The van der Waals surface area contributed by atoms with E-state index in [1.165, 1.54) is 0 Å². The largest absolute Gasteiger partial charge is 0.480 e. The Labute approximate surface area is 145 Å². The number of unbranched alkanes of at least 4 members (excludes halogenated alkanes) is 1. The van der Waals surface area contributed by atoms with Gasteiger partial charge in [-0.1, -0.05) is 27.2 Å². The maximum Gasteiger partial charge on any atom is 0.326 e. The first-order valence-electron chi connectivity index (χ1n) is 7.38. The molecule has 0 aliphatic heterocycles. The van der Waals surface area contributed by atoms with Gasteiger partial charge >= 0.3 is 5.97 Å². The molecule has 2 atom stereocenters. The van der Waals surface area contributed by atoms with Crippen LogP contribution in [0.15, 0.2) is 0 Å². The fraction of sp³-hybridized carbons (Fsp3) is 0.857. The zero-order valence-corrected chi connectivity index (χ0v) is 15.3. The number of carbonyl (C=O) groups excluding carboxylic acids is 1. The third-order valence-electron chi connectivity index (χ3n) is 3.04. The van der Waals surface area contributed by atoms with Gasteiger partial charge in [-0.05, 0) is 38.3 Å². The van der Waals surface area contributed by atoms with Crippen LogP contribution in [0.4, 0.5) is 0 Å². The van der Waals surface area contributed by atoms with Crippen LogP contribution in [0, 0.1) is 5.92 Å². The van der Waals surface area contributed by atoms with Gasteiger partial charge < -0.3 is 21.5 Å². The molecule has 0 unspecified atom stereocenters. The number of aliphatic carboxylic acids is 1. The van der Waals surface area contributed by atoms with Gasteiger partial charge in [0.15, 0.2) is 0 Å². The molecule has 0 saturated heterocycles. The summed E-state index contributed by atoms with van der Waals surface area (Å²) in [6, 6.07) is -1.17. The Balaban J connectivity index is -0.00000180. The zero-order valence-electron chi connectivity index (χ0n) is 13.6. The summed E-state index contributed by atoms with van der Waals surface area (Å²) < 4.78 is 0. The molecule has 0 bridgehead atoms. The predicted octanol–water partition coefficient (Wildman–Crippen LogP) is 1.55. The van der Waals surface area contributed by atoms with Crippen LogP contribution in [0.1, 0.15) is 46.5 Å². The number of halogens is 2. The zero-order chi connectivity index (χ0) is 15.5. The summed E-state index contributed by atoms with van der Waals surface area (Å²) in [5.41, 5.74) is 5.44. The van der Waals surface area contributed by atoms with E-state index in [1.54, 1.807) is 0 Å². The lowest BCUT2D eigenvalue weighted by molar-refractivity contribution is -0.142. The maximum atomic E-state index is 12.2. The van der Waals surface area contributed by atoms with E-state index in [9.17, 15) is 9.59 Å². The predicted molar refractivity (Wildman–Crippen MR) is 93.9 cm³/mol. The summed E-state index contributed by atoms with van der Waals surface area (Å²) >= 11 is 0. The number of hydrogen-bond donors (Lipinski definition) is 4. The van der Waals surface area contributed by atoms with Gasteiger partial charge in [-0.3, -0.25) is 4.79 Å². The van der Waals surface area contributed by atoms with Gasteiger partial charge in [-0.15, -0.1) is 24.8 Å². The highest BCUT2D eigenvalue weighted by molar-refractivity contribution is 5.87. The van der Waals surface area contributed by atoms with E-state index in [2.05, 4.69) is 10.6 Å². The summed E-state index contributed by atoms with van der Waals surface area (Å²) in [6.07, 6.45) is 2.82. The average Bonchev–Trinajstić information content (AvgIpc) is 2.36. The fourth-order valence-electron chi connectivity index (χ4n) is 2.03. The minimum absolute atomic E-state index is 0. The van der Waals surface area contributed by atoms with Crippen LogP contribution >= 0.6 is 24.8 Å². The standard InChI is InChI=1S/C14H29N3O3.2ClH/c1-4-16-11(7-5-6-8-15)13(18)17-12(14(19)20)9-10(2)3;;/h10-12,16H,4-9,15H2,1-3H3,(H,17,18)(H,19,20);2*1H/t11-,12-;;/m0../s1. The van der Waals surface area contributed by atoms with E-state index in [0.29, 0.717) is 25.9 Å². The molecule has 0 spiro atoms. The number of carboxylic acids is 1. The van der Waals surface area contributed by atoms with Gasteiger partial charge in [0.2, 0.25) is 5.91 Å². The van der Waals surface area contributed by atoms with E-state index >= 15 is 0 Å².